The van der Waals surface area contributed by atoms with Gasteiger partial charge in [-0.3, -0.25) is 9.79 Å². The summed E-state index contributed by atoms with van der Waals surface area (Å²) in [5.41, 5.74) is 4.59. The summed E-state index contributed by atoms with van der Waals surface area (Å²) in [7, 11) is 1.72. The normalized spacial score (nSPS) is 14.1. The Morgan fingerprint density at radius 1 is 1.18 bits per heavy atom. The van der Waals surface area contributed by atoms with Crippen LogP contribution in [0.5, 0.6) is 5.75 Å². The SMILES string of the molecule is C=CC(=O)NCC(=NC)/C(C(=C)C(C)CC)=C(/C=C\C(C)CC)CCO.Cc1ccc(OC(F)(F)F)cc1. The van der Waals surface area contributed by atoms with Crippen LogP contribution in [0.2, 0.25) is 0 Å². The molecule has 1 aromatic carbocycles. The van der Waals surface area contributed by atoms with Gasteiger partial charge in [-0.15, -0.1) is 13.2 Å². The van der Waals surface area contributed by atoms with Crippen LogP contribution in [0.15, 0.2) is 77.4 Å². The largest absolute Gasteiger partial charge is 0.573 e. The first-order valence-corrected chi connectivity index (χ1v) is 12.7. The van der Waals surface area contributed by atoms with E-state index in [9.17, 15) is 23.1 Å². The molecule has 0 spiro atoms. The molecule has 8 heteroatoms. The minimum atomic E-state index is -4.60. The lowest BCUT2D eigenvalue weighted by molar-refractivity contribution is -0.274. The molecule has 0 aromatic heterocycles. The van der Waals surface area contributed by atoms with Gasteiger partial charge in [0.25, 0.3) is 0 Å². The van der Waals surface area contributed by atoms with E-state index >= 15 is 0 Å². The first-order chi connectivity index (χ1) is 17.8. The number of ether oxygens (including phenoxy) is 1. The summed E-state index contributed by atoms with van der Waals surface area (Å²) in [4.78, 5) is 16.0. The molecule has 1 rings (SSSR count). The lowest BCUT2D eigenvalue weighted by Crippen LogP contribution is -2.30. The number of hydrogen-bond donors (Lipinski definition) is 2. The van der Waals surface area contributed by atoms with Crippen molar-refractivity contribution in [1.29, 1.82) is 0 Å². The standard InChI is InChI=1S/C22H36N2O2.C8H7F3O/c1-8-16(4)11-12-19(13-14-25)22(18(6)17(5)9-2)20(23-7)15-24-21(26)10-3;1-6-2-4-7(5-3-6)12-8(9,10)11/h10-12,16-17,25H,3,6,8-9,13-15H2,1-2,4-5,7H3,(H,24,26);2-5H,1H3/b12-11-,22-19-,23-20?;. The van der Waals surface area contributed by atoms with Gasteiger partial charge in [0.05, 0.1) is 12.3 Å². The van der Waals surface area contributed by atoms with Gasteiger partial charge in [-0.25, -0.2) is 0 Å². The number of alkyl halides is 3. The minimum absolute atomic E-state index is 0.0491. The molecule has 5 nitrogen and oxygen atoms in total. The number of aliphatic imine (C=N–C) groups is 1. The Hall–Kier alpha value is -3.13. The Balaban J connectivity index is 0.000000942. The fraction of sp³-hybridized carbons (Fsp3) is 0.467. The van der Waals surface area contributed by atoms with E-state index < -0.39 is 6.36 Å². The van der Waals surface area contributed by atoms with Crippen molar-refractivity contribution in [3.63, 3.8) is 0 Å². The topological polar surface area (TPSA) is 70.9 Å². The molecule has 0 bridgehead atoms. The van der Waals surface area contributed by atoms with Crippen molar-refractivity contribution >= 4 is 11.6 Å². The average Bonchev–Trinajstić information content (AvgIpc) is 2.88. The number of aliphatic hydroxyl groups is 1. The molecule has 1 amide bonds. The first-order valence-electron chi connectivity index (χ1n) is 12.7. The highest BCUT2D eigenvalue weighted by Gasteiger charge is 2.30. The van der Waals surface area contributed by atoms with Crippen molar-refractivity contribution in [2.75, 3.05) is 20.2 Å². The zero-order valence-corrected chi connectivity index (χ0v) is 23.5. The van der Waals surface area contributed by atoms with E-state index in [4.69, 9.17) is 0 Å². The van der Waals surface area contributed by atoms with Gasteiger partial charge in [-0.1, -0.05) is 77.1 Å². The van der Waals surface area contributed by atoms with E-state index in [-0.39, 0.29) is 24.2 Å². The Kier molecular flexibility index (Phi) is 16.7. The molecule has 212 valence electrons. The number of carbonyl (C=O) groups excluding carboxylic acids is 1. The van der Waals surface area contributed by atoms with Crippen molar-refractivity contribution in [1.82, 2.24) is 5.32 Å². The fourth-order valence-electron chi connectivity index (χ4n) is 3.16. The minimum Gasteiger partial charge on any atom is -0.406 e. The van der Waals surface area contributed by atoms with E-state index in [2.05, 4.69) is 68.1 Å². The summed E-state index contributed by atoms with van der Waals surface area (Å²) >= 11 is 0. The molecule has 0 aliphatic rings. The molecule has 0 saturated heterocycles. The summed E-state index contributed by atoms with van der Waals surface area (Å²) in [5.74, 6) is 0.304. The van der Waals surface area contributed by atoms with Crippen LogP contribution in [0.3, 0.4) is 0 Å². The monoisotopic (exact) mass is 536 g/mol. The van der Waals surface area contributed by atoms with Crippen LogP contribution in [0.25, 0.3) is 0 Å². The van der Waals surface area contributed by atoms with Gasteiger partial charge in [0.15, 0.2) is 0 Å². The molecule has 0 saturated carbocycles. The van der Waals surface area contributed by atoms with E-state index in [0.29, 0.717) is 18.9 Å². The van der Waals surface area contributed by atoms with Crippen molar-refractivity contribution in [3.05, 3.63) is 77.9 Å². The Morgan fingerprint density at radius 3 is 2.24 bits per heavy atom. The van der Waals surface area contributed by atoms with Crippen LogP contribution in [0.4, 0.5) is 13.2 Å². The third-order valence-corrected chi connectivity index (χ3v) is 5.93. The van der Waals surface area contributed by atoms with Crippen LogP contribution in [-0.2, 0) is 4.79 Å². The third-order valence-electron chi connectivity index (χ3n) is 5.93. The number of carbonyl (C=O) groups is 1. The summed E-state index contributed by atoms with van der Waals surface area (Å²) in [6.07, 6.45) is 3.41. The maximum atomic E-state index is 11.6. The second kappa shape index (κ2) is 18.2. The number of aliphatic hydroxyl groups excluding tert-OH is 1. The summed E-state index contributed by atoms with van der Waals surface area (Å²) in [5, 5.41) is 12.4. The van der Waals surface area contributed by atoms with Crippen LogP contribution >= 0.6 is 0 Å². The molecule has 1 aromatic rings. The Labute approximate surface area is 225 Å². The van der Waals surface area contributed by atoms with Gasteiger partial charge in [-0.2, -0.15) is 0 Å². The second-order valence-corrected chi connectivity index (χ2v) is 8.91. The number of nitrogens with zero attached hydrogens (tertiary/aromatic N) is 1. The molecule has 0 radical (unpaired) electrons. The van der Waals surface area contributed by atoms with Crippen LogP contribution < -0.4 is 10.1 Å². The maximum absolute atomic E-state index is 11.6. The Morgan fingerprint density at radius 2 is 1.79 bits per heavy atom. The van der Waals surface area contributed by atoms with Gasteiger partial charge in [-0.05, 0) is 61.0 Å². The van der Waals surface area contributed by atoms with Gasteiger partial charge >= 0.3 is 6.36 Å². The molecule has 0 heterocycles. The van der Waals surface area contributed by atoms with Gasteiger partial charge in [0.2, 0.25) is 5.91 Å². The van der Waals surface area contributed by atoms with Gasteiger partial charge in [0, 0.05) is 19.2 Å². The fourth-order valence-corrected chi connectivity index (χ4v) is 3.16. The molecule has 2 N–H and O–H groups in total. The van der Waals surface area contributed by atoms with Crippen molar-refractivity contribution in [3.8, 4) is 5.75 Å². The highest BCUT2D eigenvalue weighted by Crippen LogP contribution is 2.27. The van der Waals surface area contributed by atoms with E-state index in [1.54, 1.807) is 26.1 Å². The molecule has 2 atom stereocenters. The molecule has 2 unspecified atom stereocenters. The molecule has 0 fully saturated rings. The number of benzene rings is 1. The average molecular weight is 537 g/mol. The third kappa shape index (κ3) is 14.0. The van der Waals surface area contributed by atoms with E-state index in [0.717, 1.165) is 40.8 Å². The van der Waals surface area contributed by atoms with Gasteiger partial charge in [0.1, 0.15) is 5.75 Å². The predicted molar refractivity (Wildman–Crippen MR) is 150 cm³/mol. The highest BCUT2D eigenvalue weighted by atomic mass is 19.4. The van der Waals surface area contributed by atoms with Crippen LogP contribution in [0.1, 0.15) is 52.5 Å². The maximum Gasteiger partial charge on any atom is 0.573 e. The van der Waals surface area contributed by atoms with E-state index in [1.807, 2.05) is 0 Å². The number of aryl methyl sites for hydroxylation is 1. The molecular formula is C30H43F3N2O3. The highest BCUT2D eigenvalue weighted by molar-refractivity contribution is 6.07. The number of rotatable bonds is 13. The Bertz CT molecular complexity index is 977. The van der Waals surface area contributed by atoms with Gasteiger partial charge < -0.3 is 15.2 Å². The molecule has 0 aliphatic carbocycles. The zero-order chi connectivity index (χ0) is 29.3. The van der Waals surface area contributed by atoms with Crippen molar-refractivity contribution < 1.29 is 27.8 Å². The summed E-state index contributed by atoms with van der Waals surface area (Å²) in [6, 6.07) is 5.67. The number of halogens is 3. The number of nitrogens with one attached hydrogen (secondary N) is 1. The van der Waals surface area contributed by atoms with Crippen LogP contribution in [0, 0.1) is 18.8 Å². The molecule has 38 heavy (non-hydrogen) atoms. The smallest absolute Gasteiger partial charge is 0.406 e. The number of amides is 1. The molecule has 0 aliphatic heterocycles. The quantitative estimate of drug-likeness (QED) is 0.160. The van der Waals surface area contributed by atoms with Crippen molar-refractivity contribution in [2.45, 2.75) is 60.2 Å². The lowest BCUT2D eigenvalue weighted by atomic mass is 9.85. The van der Waals surface area contributed by atoms with E-state index in [1.165, 1.54) is 18.2 Å². The lowest BCUT2D eigenvalue weighted by Gasteiger charge is -2.22. The number of allylic oxidation sites excluding steroid dienone is 3. The van der Waals surface area contributed by atoms with Crippen molar-refractivity contribution in [2.24, 2.45) is 16.8 Å². The second-order valence-electron chi connectivity index (χ2n) is 8.91. The summed E-state index contributed by atoms with van der Waals surface area (Å²) < 4.78 is 38.5. The van der Waals surface area contributed by atoms with Crippen LogP contribution in [-0.4, -0.2) is 43.3 Å². The summed E-state index contributed by atoms with van der Waals surface area (Å²) in [6.45, 7) is 18.5. The first kappa shape index (κ1) is 34.9. The predicted octanol–water partition coefficient (Wildman–Crippen LogP) is 7.14. The number of hydrogen-bond acceptors (Lipinski definition) is 4. The zero-order valence-electron chi connectivity index (χ0n) is 23.5. The molecular weight excluding hydrogens is 493 g/mol.